The molecule has 2 aromatic carbocycles. The van der Waals surface area contributed by atoms with Gasteiger partial charge in [-0.3, -0.25) is 0 Å². The highest BCUT2D eigenvalue weighted by molar-refractivity contribution is 5.95. The predicted octanol–water partition coefficient (Wildman–Crippen LogP) is 6.86. The Morgan fingerprint density at radius 3 is 2.45 bits per heavy atom. The molecule has 2 aromatic heterocycles. The average molecular weight is 536 g/mol. The SMILES string of the molecule is CCc1cccc(-c2cc(Nc3ccc(OC(F)(F)F)cc3C(=O)O)n(-c3ncccc3C(F)(F)F)n2)c1. The third kappa shape index (κ3) is 5.88. The number of pyridine rings is 1. The van der Waals surface area contributed by atoms with E-state index < -0.39 is 41.2 Å². The Balaban J connectivity index is 1.87. The molecule has 0 bridgehead atoms. The van der Waals surface area contributed by atoms with Crippen LogP contribution in [0.3, 0.4) is 0 Å². The maximum atomic E-state index is 13.8. The minimum absolute atomic E-state index is 0.113. The standard InChI is InChI=1S/C25H18F6N4O3/c1-2-14-5-3-6-15(11-14)20-13-21(35(34-20)22-18(24(26,27)28)7-4-10-32-22)33-19-9-8-16(38-25(29,30)31)12-17(19)23(36)37/h3-13,33H,2H2,1H3,(H,36,37). The lowest BCUT2D eigenvalue weighted by atomic mass is 10.1. The molecule has 0 radical (unpaired) electrons. The number of hydrogen-bond acceptors (Lipinski definition) is 5. The molecule has 0 fully saturated rings. The molecule has 198 valence electrons. The number of benzene rings is 2. The fraction of sp³-hybridized carbons (Fsp3) is 0.160. The van der Waals surface area contributed by atoms with Gasteiger partial charge >= 0.3 is 18.5 Å². The van der Waals surface area contributed by atoms with E-state index in [2.05, 4.69) is 20.1 Å². The number of anilines is 2. The minimum Gasteiger partial charge on any atom is -0.478 e. The number of nitrogens with zero attached hydrogens (tertiary/aromatic N) is 3. The van der Waals surface area contributed by atoms with Gasteiger partial charge in [0, 0.05) is 17.8 Å². The molecule has 0 aliphatic rings. The van der Waals surface area contributed by atoms with Crippen LogP contribution in [0.4, 0.5) is 37.8 Å². The molecular weight excluding hydrogens is 518 g/mol. The molecule has 2 heterocycles. The predicted molar refractivity (Wildman–Crippen MR) is 125 cm³/mol. The lowest BCUT2D eigenvalue weighted by Gasteiger charge is -2.16. The summed E-state index contributed by atoms with van der Waals surface area (Å²) in [5.41, 5.74) is -0.183. The maximum absolute atomic E-state index is 13.8. The Bertz CT molecular complexity index is 1480. The lowest BCUT2D eigenvalue weighted by molar-refractivity contribution is -0.274. The molecule has 0 spiro atoms. The van der Waals surface area contributed by atoms with Gasteiger partial charge in [-0.05, 0) is 48.4 Å². The van der Waals surface area contributed by atoms with Crippen LogP contribution in [-0.2, 0) is 12.6 Å². The van der Waals surface area contributed by atoms with Gasteiger partial charge in [0.15, 0.2) is 5.82 Å². The number of alkyl halides is 6. The van der Waals surface area contributed by atoms with E-state index >= 15 is 0 Å². The van der Waals surface area contributed by atoms with E-state index in [0.717, 1.165) is 40.7 Å². The van der Waals surface area contributed by atoms with Gasteiger partial charge in [-0.15, -0.1) is 13.2 Å². The largest absolute Gasteiger partial charge is 0.573 e. The Morgan fingerprint density at radius 2 is 1.79 bits per heavy atom. The Labute approximate surface area is 211 Å². The molecule has 13 heteroatoms. The first-order valence-corrected chi connectivity index (χ1v) is 11.0. The van der Waals surface area contributed by atoms with Gasteiger partial charge in [0.1, 0.15) is 17.1 Å². The van der Waals surface area contributed by atoms with Crippen LogP contribution in [0.5, 0.6) is 5.75 Å². The van der Waals surface area contributed by atoms with Gasteiger partial charge in [0.25, 0.3) is 0 Å². The number of carboxylic acid groups (broad SMARTS) is 1. The van der Waals surface area contributed by atoms with Crippen LogP contribution in [0.25, 0.3) is 17.1 Å². The van der Waals surface area contributed by atoms with Crippen molar-refractivity contribution < 1.29 is 41.0 Å². The second kappa shape index (κ2) is 10.1. The molecule has 0 aliphatic heterocycles. The van der Waals surface area contributed by atoms with E-state index in [1.165, 1.54) is 6.07 Å². The monoisotopic (exact) mass is 536 g/mol. The summed E-state index contributed by atoms with van der Waals surface area (Å²) in [5, 5.41) is 16.6. The molecule has 0 atom stereocenters. The normalized spacial score (nSPS) is 11.9. The first-order valence-electron chi connectivity index (χ1n) is 11.0. The highest BCUT2D eigenvalue weighted by atomic mass is 19.4. The molecule has 4 rings (SSSR count). The van der Waals surface area contributed by atoms with E-state index in [9.17, 15) is 36.2 Å². The number of carboxylic acids is 1. The third-order valence-corrected chi connectivity index (χ3v) is 5.35. The minimum atomic E-state index is -5.06. The van der Waals surface area contributed by atoms with Crippen LogP contribution in [0.1, 0.15) is 28.4 Å². The Kier molecular flexibility index (Phi) is 7.03. The van der Waals surface area contributed by atoms with Gasteiger partial charge in [0.05, 0.1) is 16.9 Å². The second-order valence-electron chi connectivity index (χ2n) is 7.94. The third-order valence-electron chi connectivity index (χ3n) is 5.35. The summed E-state index contributed by atoms with van der Waals surface area (Å²) < 4.78 is 83.9. The van der Waals surface area contributed by atoms with Gasteiger partial charge in [0.2, 0.25) is 0 Å². The zero-order chi connectivity index (χ0) is 27.7. The van der Waals surface area contributed by atoms with E-state index in [4.69, 9.17) is 0 Å². The van der Waals surface area contributed by atoms with E-state index in [-0.39, 0.29) is 17.2 Å². The molecule has 0 saturated carbocycles. The fourth-order valence-corrected chi connectivity index (χ4v) is 3.65. The van der Waals surface area contributed by atoms with Crippen molar-refractivity contribution in [3.8, 4) is 22.8 Å². The number of ether oxygens (including phenoxy) is 1. The first kappa shape index (κ1) is 26.5. The van der Waals surface area contributed by atoms with Crippen molar-refractivity contribution in [3.63, 3.8) is 0 Å². The smallest absolute Gasteiger partial charge is 0.478 e. The molecule has 0 unspecified atom stereocenters. The molecule has 0 aliphatic carbocycles. The molecule has 0 amide bonds. The van der Waals surface area contributed by atoms with Crippen molar-refractivity contribution >= 4 is 17.5 Å². The molecule has 2 N–H and O–H groups in total. The maximum Gasteiger partial charge on any atom is 0.573 e. The number of rotatable bonds is 7. The molecule has 38 heavy (non-hydrogen) atoms. The van der Waals surface area contributed by atoms with E-state index in [1.807, 2.05) is 13.0 Å². The van der Waals surface area contributed by atoms with E-state index in [1.54, 1.807) is 18.2 Å². The number of carbonyl (C=O) groups is 1. The highest BCUT2D eigenvalue weighted by Crippen LogP contribution is 2.36. The van der Waals surface area contributed by atoms with Crippen molar-refractivity contribution in [1.82, 2.24) is 14.8 Å². The number of aryl methyl sites for hydroxylation is 1. The second-order valence-corrected chi connectivity index (χ2v) is 7.94. The van der Waals surface area contributed by atoms with Crippen molar-refractivity contribution in [2.45, 2.75) is 25.9 Å². The van der Waals surface area contributed by atoms with Crippen LogP contribution in [0.15, 0.2) is 66.9 Å². The summed E-state index contributed by atoms with van der Waals surface area (Å²) in [6.45, 7) is 1.92. The highest BCUT2D eigenvalue weighted by Gasteiger charge is 2.36. The van der Waals surface area contributed by atoms with Gasteiger partial charge in [-0.2, -0.15) is 23.0 Å². The van der Waals surface area contributed by atoms with Crippen LogP contribution in [0.2, 0.25) is 0 Å². The summed E-state index contributed by atoms with van der Waals surface area (Å²) in [6, 6.07) is 12.9. The summed E-state index contributed by atoms with van der Waals surface area (Å²) in [6.07, 6.45) is -8.03. The van der Waals surface area contributed by atoms with Crippen LogP contribution in [-0.4, -0.2) is 32.2 Å². The van der Waals surface area contributed by atoms with Gasteiger partial charge in [-0.1, -0.05) is 25.1 Å². The van der Waals surface area contributed by atoms with Crippen molar-refractivity contribution in [1.29, 1.82) is 0 Å². The number of aromatic carboxylic acids is 1. The summed E-state index contributed by atoms with van der Waals surface area (Å²) in [7, 11) is 0. The van der Waals surface area contributed by atoms with Gasteiger partial charge in [-0.25, -0.2) is 9.78 Å². The summed E-state index contributed by atoms with van der Waals surface area (Å²) in [4.78, 5) is 15.7. The molecule has 7 nitrogen and oxygen atoms in total. The Morgan fingerprint density at radius 1 is 1.03 bits per heavy atom. The lowest BCUT2D eigenvalue weighted by Crippen LogP contribution is -2.18. The molecule has 0 saturated heterocycles. The zero-order valence-electron chi connectivity index (χ0n) is 19.4. The van der Waals surface area contributed by atoms with Crippen LogP contribution >= 0.6 is 0 Å². The number of hydrogen-bond donors (Lipinski definition) is 2. The van der Waals surface area contributed by atoms with Crippen LogP contribution in [0, 0.1) is 0 Å². The average Bonchev–Trinajstić information content (AvgIpc) is 3.27. The summed E-state index contributed by atoms with van der Waals surface area (Å²) in [5.74, 6) is -3.08. The van der Waals surface area contributed by atoms with E-state index in [0.29, 0.717) is 18.1 Å². The van der Waals surface area contributed by atoms with Crippen molar-refractivity contribution in [2.75, 3.05) is 5.32 Å². The first-order chi connectivity index (χ1) is 17.9. The van der Waals surface area contributed by atoms with Gasteiger partial charge < -0.3 is 15.2 Å². The fourth-order valence-electron chi connectivity index (χ4n) is 3.65. The topological polar surface area (TPSA) is 89.3 Å². The number of aromatic nitrogens is 3. The van der Waals surface area contributed by atoms with Crippen molar-refractivity contribution in [2.24, 2.45) is 0 Å². The number of nitrogens with one attached hydrogen (secondary N) is 1. The van der Waals surface area contributed by atoms with Crippen LogP contribution < -0.4 is 10.1 Å². The molecule has 4 aromatic rings. The summed E-state index contributed by atoms with van der Waals surface area (Å²) >= 11 is 0. The number of halogens is 6. The quantitative estimate of drug-likeness (QED) is 0.251. The Hall–Kier alpha value is -4.55. The molecular formula is C25H18F6N4O3. The zero-order valence-corrected chi connectivity index (χ0v) is 19.4. The van der Waals surface area contributed by atoms with Crippen molar-refractivity contribution in [3.05, 3.63) is 83.6 Å².